The summed E-state index contributed by atoms with van der Waals surface area (Å²) in [5.41, 5.74) is 6.11. The average Bonchev–Trinajstić information content (AvgIpc) is 3.14. The van der Waals surface area contributed by atoms with E-state index in [0.717, 1.165) is 5.56 Å². The van der Waals surface area contributed by atoms with Crippen molar-refractivity contribution in [2.75, 3.05) is 0 Å². The fraction of sp³-hybridized carbons (Fsp3) is 0.100. The maximum Gasteiger partial charge on any atom is 0.305 e. The van der Waals surface area contributed by atoms with Gasteiger partial charge < -0.3 is 9.15 Å². The third kappa shape index (κ3) is 4.51. The molecular weight excluding hydrogens is 332 g/mol. The van der Waals surface area contributed by atoms with Crippen molar-refractivity contribution in [3.8, 4) is 5.75 Å². The van der Waals surface area contributed by atoms with Gasteiger partial charge in [-0.1, -0.05) is 35.9 Å². The molecule has 0 aliphatic rings. The predicted molar refractivity (Wildman–Crippen MR) is 95.6 cm³/mol. The summed E-state index contributed by atoms with van der Waals surface area (Å²) in [4.78, 5) is 24.1. The van der Waals surface area contributed by atoms with Gasteiger partial charge in [-0.25, -0.2) is 0 Å². The first-order valence-electron chi connectivity index (χ1n) is 8.06. The molecule has 26 heavy (non-hydrogen) atoms. The minimum absolute atomic E-state index is 0.0844. The van der Waals surface area contributed by atoms with Gasteiger partial charge in [0.15, 0.2) is 5.76 Å². The van der Waals surface area contributed by atoms with Gasteiger partial charge in [0.25, 0.3) is 5.91 Å². The Morgan fingerprint density at radius 1 is 0.923 bits per heavy atom. The summed E-state index contributed by atoms with van der Waals surface area (Å²) in [6, 6.07) is 19.5. The third-order valence-corrected chi connectivity index (χ3v) is 3.58. The molecule has 0 saturated carbocycles. The van der Waals surface area contributed by atoms with Gasteiger partial charge in [-0.05, 0) is 43.3 Å². The van der Waals surface area contributed by atoms with Gasteiger partial charge in [0.1, 0.15) is 18.1 Å². The number of para-hydroxylation sites is 1. The quantitative estimate of drug-likeness (QED) is 0.692. The van der Waals surface area contributed by atoms with Crippen LogP contribution in [0.25, 0.3) is 0 Å². The number of benzene rings is 2. The van der Waals surface area contributed by atoms with Crippen molar-refractivity contribution < 1.29 is 18.7 Å². The molecule has 0 fully saturated rings. The molecule has 0 unspecified atom stereocenters. The van der Waals surface area contributed by atoms with Gasteiger partial charge in [0.05, 0.1) is 0 Å². The molecule has 3 aromatic rings. The Morgan fingerprint density at radius 2 is 1.69 bits per heavy atom. The Morgan fingerprint density at radius 3 is 2.46 bits per heavy atom. The molecule has 2 aromatic carbocycles. The maximum atomic E-state index is 12.1. The third-order valence-electron chi connectivity index (χ3n) is 3.58. The largest absolute Gasteiger partial charge is 0.486 e. The van der Waals surface area contributed by atoms with Crippen LogP contribution >= 0.6 is 0 Å². The van der Waals surface area contributed by atoms with E-state index < -0.39 is 11.8 Å². The lowest BCUT2D eigenvalue weighted by atomic mass is 10.1. The summed E-state index contributed by atoms with van der Waals surface area (Å²) in [5.74, 6) is 0.351. The molecule has 1 heterocycles. The van der Waals surface area contributed by atoms with Crippen molar-refractivity contribution in [2.45, 2.75) is 13.5 Å². The number of ether oxygens (including phenoxy) is 1. The number of hydrogen-bond acceptors (Lipinski definition) is 4. The Balaban J connectivity index is 1.52. The second kappa shape index (κ2) is 8.02. The second-order valence-corrected chi connectivity index (χ2v) is 5.65. The van der Waals surface area contributed by atoms with Gasteiger partial charge in [-0.2, -0.15) is 0 Å². The fourth-order valence-corrected chi connectivity index (χ4v) is 2.28. The SMILES string of the molecule is Cc1cccc(C(=O)NNC(=O)c2ccc(COc3ccccc3)o2)c1. The highest BCUT2D eigenvalue weighted by Gasteiger charge is 2.13. The van der Waals surface area contributed by atoms with Crippen LogP contribution in [0.4, 0.5) is 0 Å². The summed E-state index contributed by atoms with van der Waals surface area (Å²) in [5, 5.41) is 0. The van der Waals surface area contributed by atoms with Crippen molar-refractivity contribution in [3.63, 3.8) is 0 Å². The van der Waals surface area contributed by atoms with Crippen LogP contribution in [0.1, 0.15) is 32.2 Å². The van der Waals surface area contributed by atoms with Crippen molar-refractivity contribution >= 4 is 11.8 Å². The predicted octanol–water partition coefficient (Wildman–Crippen LogP) is 3.24. The first-order valence-corrected chi connectivity index (χ1v) is 8.06. The van der Waals surface area contributed by atoms with E-state index in [9.17, 15) is 9.59 Å². The van der Waals surface area contributed by atoms with Crippen molar-refractivity contribution in [1.82, 2.24) is 10.9 Å². The van der Waals surface area contributed by atoms with Crippen molar-refractivity contribution in [1.29, 1.82) is 0 Å². The van der Waals surface area contributed by atoms with E-state index in [1.54, 1.807) is 24.3 Å². The minimum atomic E-state index is -0.544. The molecule has 6 nitrogen and oxygen atoms in total. The molecule has 6 heteroatoms. The summed E-state index contributed by atoms with van der Waals surface area (Å²) in [6.07, 6.45) is 0. The molecule has 1 aromatic heterocycles. The monoisotopic (exact) mass is 350 g/mol. The normalized spacial score (nSPS) is 10.2. The first-order chi connectivity index (χ1) is 12.6. The molecule has 0 spiro atoms. The lowest BCUT2D eigenvalue weighted by Crippen LogP contribution is -2.41. The Kier molecular flexibility index (Phi) is 5.34. The Bertz CT molecular complexity index is 903. The topological polar surface area (TPSA) is 80.6 Å². The molecule has 0 bridgehead atoms. The zero-order valence-electron chi connectivity index (χ0n) is 14.2. The van der Waals surface area contributed by atoms with Crippen LogP contribution in [0.5, 0.6) is 5.75 Å². The molecule has 0 atom stereocenters. The Hall–Kier alpha value is -3.54. The van der Waals surface area contributed by atoms with Crippen LogP contribution in [0.15, 0.2) is 71.1 Å². The summed E-state index contributed by atoms with van der Waals surface area (Å²) < 4.78 is 11.0. The number of hydrazine groups is 1. The number of rotatable bonds is 5. The molecule has 0 aliphatic heterocycles. The van der Waals surface area contributed by atoms with Gasteiger partial charge >= 0.3 is 5.91 Å². The Labute approximate surface area is 150 Å². The lowest BCUT2D eigenvalue weighted by molar-refractivity contribution is 0.0828. The van der Waals surface area contributed by atoms with Crippen LogP contribution < -0.4 is 15.6 Å². The van der Waals surface area contributed by atoms with Gasteiger partial charge in [-0.15, -0.1) is 0 Å². The van der Waals surface area contributed by atoms with Gasteiger partial charge in [-0.3, -0.25) is 20.4 Å². The standard InChI is InChI=1S/C20H18N2O4/c1-14-6-5-7-15(12-14)19(23)21-22-20(24)18-11-10-17(26-18)13-25-16-8-3-2-4-9-16/h2-12H,13H2,1H3,(H,21,23)(H,22,24). The van der Waals surface area contributed by atoms with E-state index in [2.05, 4.69) is 10.9 Å². The highest BCUT2D eigenvalue weighted by Crippen LogP contribution is 2.13. The van der Waals surface area contributed by atoms with Crippen LogP contribution in [-0.2, 0) is 6.61 Å². The van der Waals surface area contributed by atoms with Crippen LogP contribution in [0.3, 0.4) is 0 Å². The van der Waals surface area contributed by atoms with E-state index in [1.807, 2.05) is 43.3 Å². The average molecular weight is 350 g/mol. The van der Waals surface area contributed by atoms with Crippen LogP contribution in [-0.4, -0.2) is 11.8 Å². The lowest BCUT2D eigenvalue weighted by Gasteiger charge is -2.06. The maximum absolute atomic E-state index is 12.1. The summed E-state index contributed by atoms with van der Waals surface area (Å²) >= 11 is 0. The van der Waals surface area contributed by atoms with Crippen molar-refractivity contribution in [3.05, 3.63) is 89.4 Å². The van der Waals surface area contributed by atoms with Crippen molar-refractivity contribution in [2.24, 2.45) is 0 Å². The highest BCUT2D eigenvalue weighted by atomic mass is 16.5. The first kappa shape index (κ1) is 17.3. The zero-order chi connectivity index (χ0) is 18.4. The summed E-state index contributed by atoms with van der Waals surface area (Å²) in [6.45, 7) is 2.09. The van der Waals surface area contributed by atoms with E-state index in [0.29, 0.717) is 17.1 Å². The highest BCUT2D eigenvalue weighted by molar-refractivity contribution is 5.98. The van der Waals surface area contributed by atoms with Gasteiger partial charge in [0, 0.05) is 5.56 Å². The molecule has 0 saturated heterocycles. The van der Waals surface area contributed by atoms with Crippen LogP contribution in [0, 0.1) is 6.92 Å². The molecule has 2 N–H and O–H groups in total. The van der Waals surface area contributed by atoms with E-state index in [4.69, 9.17) is 9.15 Å². The van der Waals surface area contributed by atoms with Crippen LogP contribution in [0.2, 0.25) is 0 Å². The van der Waals surface area contributed by atoms with Gasteiger partial charge in [0.2, 0.25) is 0 Å². The number of furan rings is 1. The summed E-state index contributed by atoms with van der Waals surface area (Å²) in [7, 11) is 0. The number of hydrogen-bond donors (Lipinski definition) is 2. The van der Waals surface area contributed by atoms with E-state index in [-0.39, 0.29) is 12.4 Å². The molecule has 0 radical (unpaired) electrons. The molecule has 2 amide bonds. The fourth-order valence-electron chi connectivity index (χ4n) is 2.28. The number of aryl methyl sites for hydroxylation is 1. The number of carbonyl (C=O) groups excluding carboxylic acids is 2. The minimum Gasteiger partial charge on any atom is -0.486 e. The number of nitrogens with one attached hydrogen (secondary N) is 2. The molecule has 0 aliphatic carbocycles. The molecule has 132 valence electrons. The second-order valence-electron chi connectivity index (χ2n) is 5.65. The molecule has 3 rings (SSSR count). The smallest absolute Gasteiger partial charge is 0.305 e. The van der Waals surface area contributed by atoms with E-state index in [1.165, 1.54) is 6.07 Å². The zero-order valence-corrected chi connectivity index (χ0v) is 14.2. The van der Waals surface area contributed by atoms with E-state index >= 15 is 0 Å². The number of carbonyl (C=O) groups is 2. The molecular formula is C20H18N2O4. The number of amides is 2.